The quantitative estimate of drug-likeness (QED) is 0.809. The molecule has 0 aromatic heterocycles. The van der Waals surface area contributed by atoms with Gasteiger partial charge in [0, 0.05) is 6.04 Å². The molecule has 1 unspecified atom stereocenters. The molecule has 1 aromatic rings. The molecule has 15 heavy (non-hydrogen) atoms. The molecule has 84 valence electrons. The lowest BCUT2D eigenvalue weighted by Crippen LogP contribution is -2.29. The first kappa shape index (κ1) is 12.2. The summed E-state index contributed by atoms with van der Waals surface area (Å²) in [5.41, 5.74) is 8.16. The molecule has 1 nitrogen and oxygen atoms in total. The number of hydrogen-bond acceptors (Lipinski definition) is 1. The van der Waals surface area contributed by atoms with Gasteiger partial charge in [-0.2, -0.15) is 0 Å². The average molecular weight is 209 g/mol. The summed E-state index contributed by atoms with van der Waals surface area (Å²) in [7, 11) is 0. The van der Waals surface area contributed by atoms with Crippen LogP contribution in [0, 0.1) is 18.2 Å². The van der Waals surface area contributed by atoms with E-state index in [1.165, 1.54) is 6.07 Å². The zero-order chi connectivity index (χ0) is 11.6. The SMILES string of the molecule is CCC(C)(C)C(N)c1cc(F)ccc1C. The summed E-state index contributed by atoms with van der Waals surface area (Å²) >= 11 is 0. The Morgan fingerprint density at radius 1 is 1.40 bits per heavy atom. The van der Waals surface area contributed by atoms with E-state index < -0.39 is 0 Å². The average Bonchev–Trinajstić information content (AvgIpc) is 2.20. The van der Waals surface area contributed by atoms with Crippen LogP contribution in [0.15, 0.2) is 18.2 Å². The van der Waals surface area contributed by atoms with Crippen LogP contribution >= 0.6 is 0 Å². The summed E-state index contributed by atoms with van der Waals surface area (Å²) in [6.07, 6.45) is 0.976. The van der Waals surface area contributed by atoms with Gasteiger partial charge in [-0.3, -0.25) is 0 Å². The molecule has 0 amide bonds. The van der Waals surface area contributed by atoms with E-state index in [-0.39, 0.29) is 17.3 Å². The molecule has 2 heteroatoms. The highest BCUT2D eigenvalue weighted by molar-refractivity contribution is 5.30. The first-order chi connectivity index (χ1) is 6.88. The second-order valence-corrected chi connectivity index (χ2v) is 4.82. The lowest BCUT2D eigenvalue weighted by molar-refractivity contribution is 0.277. The maximum absolute atomic E-state index is 13.1. The zero-order valence-corrected chi connectivity index (χ0v) is 9.97. The van der Waals surface area contributed by atoms with Gasteiger partial charge in [-0.15, -0.1) is 0 Å². The predicted octanol–water partition coefficient (Wildman–Crippen LogP) is 3.57. The van der Waals surface area contributed by atoms with Gasteiger partial charge in [0.15, 0.2) is 0 Å². The second-order valence-electron chi connectivity index (χ2n) is 4.82. The largest absolute Gasteiger partial charge is 0.323 e. The van der Waals surface area contributed by atoms with Crippen LogP contribution in [-0.2, 0) is 0 Å². The summed E-state index contributed by atoms with van der Waals surface area (Å²) in [5.74, 6) is -0.210. The Labute approximate surface area is 91.5 Å². The number of halogens is 1. The Hall–Kier alpha value is -0.890. The van der Waals surface area contributed by atoms with E-state index in [1.807, 2.05) is 6.92 Å². The van der Waals surface area contributed by atoms with Gasteiger partial charge in [-0.05, 0) is 42.0 Å². The molecule has 0 saturated carbocycles. The van der Waals surface area contributed by atoms with Gasteiger partial charge in [0.1, 0.15) is 5.82 Å². The Morgan fingerprint density at radius 2 is 2.00 bits per heavy atom. The summed E-state index contributed by atoms with van der Waals surface area (Å²) in [5, 5.41) is 0. The van der Waals surface area contributed by atoms with Gasteiger partial charge < -0.3 is 5.73 Å². The van der Waals surface area contributed by atoms with Crippen LogP contribution in [-0.4, -0.2) is 0 Å². The van der Waals surface area contributed by atoms with E-state index in [0.29, 0.717) is 0 Å². The number of rotatable bonds is 3. The van der Waals surface area contributed by atoms with E-state index in [1.54, 1.807) is 12.1 Å². The Morgan fingerprint density at radius 3 is 2.53 bits per heavy atom. The minimum atomic E-state index is -0.210. The van der Waals surface area contributed by atoms with Crippen molar-refractivity contribution in [2.75, 3.05) is 0 Å². The first-order valence-corrected chi connectivity index (χ1v) is 5.40. The van der Waals surface area contributed by atoms with Gasteiger partial charge >= 0.3 is 0 Å². The molecule has 1 rings (SSSR count). The third kappa shape index (κ3) is 2.57. The fourth-order valence-corrected chi connectivity index (χ4v) is 1.59. The third-order valence-corrected chi connectivity index (χ3v) is 3.33. The topological polar surface area (TPSA) is 26.0 Å². The van der Waals surface area contributed by atoms with Crippen LogP contribution in [0.3, 0.4) is 0 Å². The fourth-order valence-electron chi connectivity index (χ4n) is 1.59. The summed E-state index contributed by atoms with van der Waals surface area (Å²) < 4.78 is 13.1. The number of hydrogen-bond donors (Lipinski definition) is 1. The van der Waals surface area contributed by atoms with Gasteiger partial charge in [0.2, 0.25) is 0 Å². The van der Waals surface area contributed by atoms with E-state index in [4.69, 9.17) is 5.73 Å². The van der Waals surface area contributed by atoms with Crippen molar-refractivity contribution in [1.29, 1.82) is 0 Å². The van der Waals surface area contributed by atoms with E-state index in [2.05, 4.69) is 20.8 Å². The summed E-state index contributed by atoms with van der Waals surface area (Å²) in [4.78, 5) is 0. The molecule has 0 radical (unpaired) electrons. The van der Waals surface area contributed by atoms with Gasteiger partial charge in [-0.25, -0.2) is 4.39 Å². The Bertz CT molecular complexity index is 344. The third-order valence-electron chi connectivity index (χ3n) is 3.33. The van der Waals surface area contributed by atoms with Crippen molar-refractivity contribution >= 4 is 0 Å². The van der Waals surface area contributed by atoms with Gasteiger partial charge in [0.05, 0.1) is 0 Å². The minimum Gasteiger partial charge on any atom is -0.323 e. The maximum atomic E-state index is 13.1. The fraction of sp³-hybridized carbons (Fsp3) is 0.538. The molecule has 0 heterocycles. The summed E-state index contributed by atoms with van der Waals surface area (Å²) in [6.45, 7) is 8.30. The monoisotopic (exact) mass is 209 g/mol. The van der Waals surface area contributed by atoms with Crippen LogP contribution in [0.4, 0.5) is 4.39 Å². The summed E-state index contributed by atoms with van der Waals surface area (Å²) in [6, 6.07) is 4.70. The maximum Gasteiger partial charge on any atom is 0.123 e. The number of nitrogens with two attached hydrogens (primary N) is 1. The second kappa shape index (κ2) is 4.31. The van der Waals surface area contributed by atoms with Crippen LogP contribution in [0.25, 0.3) is 0 Å². The Balaban J connectivity index is 3.10. The molecule has 0 aliphatic heterocycles. The molecule has 1 atom stereocenters. The van der Waals surface area contributed by atoms with Crippen LogP contribution in [0.2, 0.25) is 0 Å². The number of aryl methyl sites for hydroxylation is 1. The van der Waals surface area contributed by atoms with Crippen LogP contribution < -0.4 is 5.73 Å². The van der Waals surface area contributed by atoms with Crippen molar-refractivity contribution in [1.82, 2.24) is 0 Å². The molecule has 0 bridgehead atoms. The van der Waals surface area contributed by atoms with Crippen molar-refractivity contribution in [2.45, 2.75) is 40.2 Å². The normalized spacial score (nSPS) is 14.0. The van der Waals surface area contributed by atoms with E-state index in [9.17, 15) is 4.39 Å². The standard InChI is InChI=1S/C13H20FN/c1-5-13(3,4)12(15)11-8-10(14)7-6-9(11)2/h6-8,12H,5,15H2,1-4H3. The van der Waals surface area contributed by atoms with E-state index in [0.717, 1.165) is 17.5 Å². The first-order valence-electron chi connectivity index (χ1n) is 5.40. The van der Waals surface area contributed by atoms with Crippen LogP contribution in [0.1, 0.15) is 44.4 Å². The molecule has 0 aliphatic rings. The van der Waals surface area contributed by atoms with E-state index >= 15 is 0 Å². The Kier molecular flexibility index (Phi) is 3.50. The molecule has 1 aromatic carbocycles. The zero-order valence-electron chi connectivity index (χ0n) is 9.97. The highest BCUT2D eigenvalue weighted by atomic mass is 19.1. The molecule has 0 saturated heterocycles. The van der Waals surface area contributed by atoms with Crippen molar-refractivity contribution < 1.29 is 4.39 Å². The molecular weight excluding hydrogens is 189 g/mol. The highest BCUT2D eigenvalue weighted by Crippen LogP contribution is 2.35. The lowest BCUT2D eigenvalue weighted by Gasteiger charge is -2.31. The molecular formula is C13H20FN. The van der Waals surface area contributed by atoms with Gasteiger partial charge in [0.25, 0.3) is 0 Å². The molecule has 2 N–H and O–H groups in total. The van der Waals surface area contributed by atoms with Crippen molar-refractivity contribution in [3.8, 4) is 0 Å². The smallest absolute Gasteiger partial charge is 0.123 e. The predicted molar refractivity (Wildman–Crippen MR) is 62.1 cm³/mol. The van der Waals surface area contributed by atoms with Crippen molar-refractivity contribution in [2.24, 2.45) is 11.1 Å². The van der Waals surface area contributed by atoms with Gasteiger partial charge in [-0.1, -0.05) is 26.8 Å². The highest BCUT2D eigenvalue weighted by Gasteiger charge is 2.26. The van der Waals surface area contributed by atoms with Crippen molar-refractivity contribution in [3.05, 3.63) is 35.1 Å². The van der Waals surface area contributed by atoms with Crippen molar-refractivity contribution in [3.63, 3.8) is 0 Å². The van der Waals surface area contributed by atoms with Crippen LogP contribution in [0.5, 0.6) is 0 Å². The minimum absolute atomic E-state index is 0.00144. The molecule has 0 fully saturated rings. The molecule has 0 spiro atoms. The molecule has 0 aliphatic carbocycles. The number of benzene rings is 1. The lowest BCUT2D eigenvalue weighted by atomic mass is 9.78.